The fraction of sp³-hybridized carbons (Fsp3) is 0.529. The van der Waals surface area contributed by atoms with E-state index in [1.807, 2.05) is 24.3 Å². The minimum Gasteiger partial charge on any atom is -0.399 e. The Bertz CT molecular complexity index is 510. The molecule has 22 heavy (non-hydrogen) atoms. The van der Waals surface area contributed by atoms with Crippen molar-refractivity contribution in [1.82, 2.24) is 10.6 Å². The van der Waals surface area contributed by atoms with E-state index in [4.69, 9.17) is 5.73 Å². The Morgan fingerprint density at radius 3 is 2.55 bits per heavy atom. The number of nitrogens with one attached hydrogen (secondary N) is 2. The first-order chi connectivity index (χ1) is 10.6. The molecule has 0 bridgehead atoms. The molecule has 0 radical (unpaired) electrons. The van der Waals surface area contributed by atoms with Crippen molar-refractivity contribution in [3.63, 3.8) is 0 Å². The van der Waals surface area contributed by atoms with Crippen molar-refractivity contribution in [3.05, 3.63) is 29.8 Å². The molecule has 2 rings (SSSR count). The molecule has 0 spiro atoms. The predicted octanol–water partition coefficient (Wildman–Crippen LogP) is 1.77. The minimum atomic E-state index is -0.123. The van der Waals surface area contributed by atoms with Gasteiger partial charge in [0.2, 0.25) is 11.8 Å². The van der Waals surface area contributed by atoms with Crippen LogP contribution in [0.15, 0.2) is 24.3 Å². The molecule has 1 fully saturated rings. The Morgan fingerprint density at radius 1 is 1.09 bits per heavy atom. The smallest absolute Gasteiger partial charge is 0.239 e. The third-order valence-corrected chi connectivity index (χ3v) is 4.09. The molecule has 0 aliphatic heterocycles. The normalized spacial score (nSPS) is 15.3. The highest BCUT2D eigenvalue weighted by atomic mass is 16.2. The van der Waals surface area contributed by atoms with Gasteiger partial charge in [0.1, 0.15) is 0 Å². The standard InChI is InChI=1S/C17H25N3O2/c18-15-9-5-4-6-13(15)10-11-16(21)19-12-17(22)20-14-7-2-1-3-8-14/h4-6,9,14H,1-3,7-8,10-12,18H2,(H,19,21)(H,20,22). The lowest BCUT2D eigenvalue weighted by molar-refractivity contribution is -0.126. The van der Waals surface area contributed by atoms with Crippen LogP contribution in [0.2, 0.25) is 0 Å². The lowest BCUT2D eigenvalue weighted by Gasteiger charge is -2.22. The van der Waals surface area contributed by atoms with Gasteiger partial charge in [0.15, 0.2) is 0 Å². The molecule has 1 aliphatic rings. The van der Waals surface area contributed by atoms with E-state index < -0.39 is 0 Å². The summed E-state index contributed by atoms with van der Waals surface area (Å²) in [5.74, 6) is -0.221. The third-order valence-electron chi connectivity index (χ3n) is 4.09. The zero-order chi connectivity index (χ0) is 15.8. The second-order valence-electron chi connectivity index (χ2n) is 5.88. The van der Waals surface area contributed by atoms with Crippen LogP contribution < -0.4 is 16.4 Å². The maximum absolute atomic E-state index is 11.8. The van der Waals surface area contributed by atoms with Crippen LogP contribution in [0.3, 0.4) is 0 Å². The van der Waals surface area contributed by atoms with Gasteiger partial charge < -0.3 is 16.4 Å². The van der Waals surface area contributed by atoms with Crippen LogP contribution in [-0.2, 0) is 16.0 Å². The van der Waals surface area contributed by atoms with Crippen molar-refractivity contribution in [1.29, 1.82) is 0 Å². The zero-order valence-electron chi connectivity index (χ0n) is 12.9. The van der Waals surface area contributed by atoms with Crippen LogP contribution in [0, 0.1) is 0 Å². The van der Waals surface area contributed by atoms with Gasteiger partial charge in [-0.15, -0.1) is 0 Å². The number of hydrogen-bond donors (Lipinski definition) is 3. The van der Waals surface area contributed by atoms with Gasteiger partial charge in [0.05, 0.1) is 6.54 Å². The Hall–Kier alpha value is -2.04. The topological polar surface area (TPSA) is 84.2 Å². The minimum absolute atomic E-state index is 0.0552. The van der Waals surface area contributed by atoms with E-state index in [1.54, 1.807) is 0 Å². The molecule has 4 N–H and O–H groups in total. The Morgan fingerprint density at radius 2 is 1.82 bits per heavy atom. The number of nitrogens with two attached hydrogens (primary N) is 1. The van der Waals surface area contributed by atoms with Crippen molar-refractivity contribution in [3.8, 4) is 0 Å². The summed E-state index contributed by atoms with van der Waals surface area (Å²) in [7, 11) is 0. The number of anilines is 1. The predicted molar refractivity (Wildman–Crippen MR) is 87.2 cm³/mol. The van der Waals surface area contributed by atoms with E-state index in [-0.39, 0.29) is 24.4 Å². The van der Waals surface area contributed by atoms with Gasteiger partial charge in [-0.2, -0.15) is 0 Å². The number of carbonyl (C=O) groups excluding carboxylic acids is 2. The summed E-state index contributed by atoms with van der Waals surface area (Å²) in [5.41, 5.74) is 7.50. The second-order valence-corrected chi connectivity index (χ2v) is 5.88. The molecule has 5 heteroatoms. The molecule has 0 saturated heterocycles. The quantitative estimate of drug-likeness (QED) is 0.700. The first-order valence-corrected chi connectivity index (χ1v) is 8.04. The number of para-hydroxylation sites is 1. The molecule has 120 valence electrons. The highest BCUT2D eigenvalue weighted by molar-refractivity contribution is 5.84. The van der Waals surface area contributed by atoms with E-state index in [1.165, 1.54) is 19.3 Å². The van der Waals surface area contributed by atoms with E-state index in [9.17, 15) is 9.59 Å². The van der Waals surface area contributed by atoms with Crippen molar-refractivity contribution in [2.75, 3.05) is 12.3 Å². The summed E-state index contributed by atoms with van der Waals surface area (Å²) < 4.78 is 0. The molecular weight excluding hydrogens is 278 g/mol. The maximum atomic E-state index is 11.8. The van der Waals surface area contributed by atoms with E-state index in [0.717, 1.165) is 18.4 Å². The average molecular weight is 303 g/mol. The van der Waals surface area contributed by atoms with Crippen LogP contribution in [0.1, 0.15) is 44.1 Å². The summed E-state index contributed by atoms with van der Waals surface area (Å²) in [4.78, 5) is 23.6. The van der Waals surface area contributed by atoms with Crippen LogP contribution >= 0.6 is 0 Å². The van der Waals surface area contributed by atoms with Crippen molar-refractivity contribution < 1.29 is 9.59 Å². The Kier molecular flexibility index (Phi) is 6.25. The Labute approximate surface area is 131 Å². The van der Waals surface area contributed by atoms with Gasteiger partial charge in [-0.25, -0.2) is 0 Å². The molecule has 0 unspecified atom stereocenters. The lowest BCUT2D eigenvalue weighted by atomic mass is 9.95. The fourth-order valence-corrected chi connectivity index (χ4v) is 2.80. The molecular formula is C17H25N3O2. The first-order valence-electron chi connectivity index (χ1n) is 8.04. The van der Waals surface area contributed by atoms with Gasteiger partial charge in [-0.1, -0.05) is 37.5 Å². The van der Waals surface area contributed by atoms with E-state index in [2.05, 4.69) is 10.6 Å². The molecule has 1 saturated carbocycles. The largest absolute Gasteiger partial charge is 0.399 e. The molecule has 1 aromatic rings. The average Bonchev–Trinajstić information content (AvgIpc) is 2.53. The summed E-state index contributed by atoms with van der Waals surface area (Å²) in [6.07, 6.45) is 6.63. The van der Waals surface area contributed by atoms with Crippen LogP contribution in [0.4, 0.5) is 5.69 Å². The number of benzene rings is 1. The van der Waals surface area contributed by atoms with Gasteiger partial charge in [0, 0.05) is 18.2 Å². The van der Waals surface area contributed by atoms with Crippen molar-refractivity contribution in [2.45, 2.75) is 51.0 Å². The monoisotopic (exact) mass is 303 g/mol. The van der Waals surface area contributed by atoms with Crippen molar-refractivity contribution >= 4 is 17.5 Å². The molecule has 0 aromatic heterocycles. The third kappa shape index (κ3) is 5.39. The summed E-state index contributed by atoms with van der Waals surface area (Å²) in [6, 6.07) is 7.79. The number of rotatable bonds is 6. The molecule has 1 aromatic carbocycles. The number of hydrogen-bond acceptors (Lipinski definition) is 3. The van der Waals surface area contributed by atoms with E-state index in [0.29, 0.717) is 18.5 Å². The molecule has 5 nitrogen and oxygen atoms in total. The highest BCUT2D eigenvalue weighted by Gasteiger charge is 2.15. The summed E-state index contributed by atoms with van der Waals surface area (Å²) >= 11 is 0. The number of amides is 2. The van der Waals surface area contributed by atoms with Gasteiger partial charge in [-0.3, -0.25) is 9.59 Å². The summed E-state index contributed by atoms with van der Waals surface area (Å²) in [6.45, 7) is 0.0552. The maximum Gasteiger partial charge on any atom is 0.239 e. The van der Waals surface area contributed by atoms with Gasteiger partial charge in [-0.05, 0) is 30.9 Å². The first kappa shape index (κ1) is 16.3. The number of carbonyl (C=O) groups is 2. The van der Waals surface area contributed by atoms with Crippen LogP contribution in [0.25, 0.3) is 0 Å². The molecule has 1 aliphatic carbocycles. The van der Waals surface area contributed by atoms with Crippen LogP contribution in [0.5, 0.6) is 0 Å². The van der Waals surface area contributed by atoms with Gasteiger partial charge in [0.25, 0.3) is 0 Å². The lowest BCUT2D eigenvalue weighted by Crippen LogP contribution is -2.42. The Balaban J connectivity index is 1.64. The molecule has 0 atom stereocenters. The summed E-state index contributed by atoms with van der Waals surface area (Å²) in [5, 5.41) is 5.65. The van der Waals surface area contributed by atoms with Crippen LogP contribution in [-0.4, -0.2) is 24.4 Å². The van der Waals surface area contributed by atoms with Gasteiger partial charge >= 0.3 is 0 Å². The SMILES string of the molecule is Nc1ccccc1CCC(=O)NCC(=O)NC1CCCCC1. The fourth-order valence-electron chi connectivity index (χ4n) is 2.80. The molecule has 2 amide bonds. The number of aryl methyl sites for hydroxylation is 1. The van der Waals surface area contributed by atoms with Crippen molar-refractivity contribution in [2.24, 2.45) is 0 Å². The zero-order valence-corrected chi connectivity index (χ0v) is 12.9. The van der Waals surface area contributed by atoms with E-state index >= 15 is 0 Å². The number of nitrogen functional groups attached to an aromatic ring is 1. The highest BCUT2D eigenvalue weighted by Crippen LogP contribution is 2.17. The molecule has 0 heterocycles. The second kappa shape index (κ2) is 8.41.